The summed E-state index contributed by atoms with van der Waals surface area (Å²) >= 11 is 0. The average molecular weight is 279 g/mol. The van der Waals surface area contributed by atoms with E-state index >= 15 is 0 Å². The van der Waals surface area contributed by atoms with Gasteiger partial charge < -0.3 is 20.7 Å². The first kappa shape index (κ1) is 14.4. The lowest BCUT2D eigenvalue weighted by Gasteiger charge is -2.21. The summed E-state index contributed by atoms with van der Waals surface area (Å²) < 4.78 is 4.62. The second-order valence-corrected chi connectivity index (χ2v) is 4.88. The van der Waals surface area contributed by atoms with Gasteiger partial charge in [0.05, 0.1) is 13.2 Å². The van der Waals surface area contributed by atoms with Gasteiger partial charge in [-0.3, -0.25) is 0 Å². The molecule has 0 radical (unpaired) electrons. The quantitative estimate of drug-likeness (QED) is 0.852. The van der Waals surface area contributed by atoms with E-state index in [0.717, 1.165) is 37.2 Å². The number of alkyl carbamates (subject to hydrolysis) is 1. The van der Waals surface area contributed by atoms with Crippen LogP contribution in [0.2, 0.25) is 0 Å². The molecule has 1 aliphatic rings. The maximum Gasteiger partial charge on any atom is 0.407 e. The zero-order valence-corrected chi connectivity index (χ0v) is 11.9. The van der Waals surface area contributed by atoms with E-state index in [4.69, 9.17) is 5.73 Å². The van der Waals surface area contributed by atoms with Crippen molar-refractivity contribution in [2.24, 2.45) is 0 Å². The Bertz CT molecular complexity index is 480. The molecule has 2 heterocycles. The number of nitrogens with zero attached hydrogens (tertiary/aromatic N) is 3. The predicted molar refractivity (Wildman–Crippen MR) is 76.6 cm³/mol. The number of amides is 1. The minimum Gasteiger partial charge on any atom is -0.453 e. The molecule has 0 aromatic carbocycles. The monoisotopic (exact) mass is 279 g/mol. The fourth-order valence-electron chi connectivity index (χ4n) is 2.47. The number of nitrogens with one attached hydrogen (secondary N) is 1. The van der Waals surface area contributed by atoms with Crippen molar-refractivity contribution in [2.45, 2.75) is 32.2 Å². The smallest absolute Gasteiger partial charge is 0.407 e. The summed E-state index contributed by atoms with van der Waals surface area (Å²) in [5.41, 5.74) is 6.94. The molecular weight excluding hydrogens is 258 g/mol. The molecule has 3 N–H and O–H groups in total. The lowest BCUT2D eigenvalue weighted by atomic mass is 10.1. The molecule has 7 nitrogen and oxygen atoms in total. The lowest BCUT2D eigenvalue weighted by molar-refractivity contribution is 0.167. The van der Waals surface area contributed by atoms with Crippen molar-refractivity contribution in [3.8, 4) is 0 Å². The van der Waals surface area contributed by atoms with Crippen molar-refractivity contribution in [3.63, 3.8) is 0 Å². The van der Waals surface area contributed by atoms with Crippen LogP contribution in [0, 0.1) is 0 Å². The van der Waals surface area contributed by atoms with E-state index in [9.17, 15) is 4.79 Å². The number of ether oxygens (including phenoxy) is 1. The fourth-order valence-corrected chi connectivity index (χ4v) is 2.47. The summed E-state index contributed by atoms with van der Waals surface area (Å²) in [7, 11) is 1.37. The number of methoxy groups -OCH3 is 1. The molecule has 1 amide bonds. The van der Waals surface area contributed by atoms with Crippen LogP contribution in [0.15, 0.2) is 6.33 Å². The number of anilines is 2. The molecule has 0 aliphatic carbocycles. The summed E-state index contributed by atoms with van der Waals surface area (Å²) in [5.74, 6) is 1.43. The van der Waals surface area contributed by atoms with Crippen LogP contribution in [-0.2, 0) is 11.2 Å². The number of nitrogens with two attached hydrogens (primary N) is 1. The standard InChI is InChI=1S/C13H21N5O2/c1-3-4-10-11(14)15-8-16-12(10)18-6-5-9(7-18)17-13(19)20-2/h8-9H,3-7H2,1-2H3,(H,17,19)(H2,14,15,16). The molecule has 1 fully saturated rings. The minimum atomic E-state index is -0.396. The van der Waals surface area contributed by atoms with E-state index in [2.05, 4.69) is 31.8 Å². The molecule has 0 saturated carbocycles. The number of hydrogen-bond acceptors (Lipinski definition) is 6. The largest absolute Gasteiger partial charge is 0.453 e. The third-order valence-corrected chi connectivity index (χ3v) is 3.45. The van der Waals surface area contributed by atoms with Crippen molar-refractivity contribution >= 4 is 17.7 Å². The number of aromatic nitrogens is 2. The fraction of sp³-hybridized carbons (Fsp3) is 0.615. The molecule has 1 aliphatic heterocycles. The van der Waals surface area contributed by atoms with Crippen LogP contribution in [0.25, 0.3) is 0 Å². The number of carbonyl (C=O) groups is 1. The first-order valence-electron chi connectivity index (χ1n) is 6.84. The van der Waals surface area contributed by atoms with Crippen molar-refractivity contribution < 1.29 is 9.53 Å². The van der Waals surface area contributed by atoms with Gasteiger partial charge in [0.1, 0.15) is 18.0 Å². The highest BCUT2D eigenvalue weighted by atomic mass is 16.5. The molecule has 110 valence electrons. The van der Waals surface area contributed by atoms with E-state index in [1.165, 1.54) is 13.4 Å². The molecule has 2 rings (SSSR count). The Hall–Kier alpha value is -2.05. The van der Waals surface area contributed by atoms with E-state index in [0.29, 0.717) is 12.4 Å². The molecule has 0 bridgehead atoms. The van der Waals surface area contributed by atoms with Crippen LogP contribution in [0.3, 0.4) is 0 Å². The zero-order valence-electron chi connectivity index (χ0n) is 11.9. The van der Waals surface area contributed by atoms with Crippen molar-refractivity contribution in [2.75, 3.05) is 30.8 Å². The van der Waals surface area contributed by atoms with Gasteiger partial charge in [0.2, 0.25) is 0 Å². The summed E-state index contributed by atoms with van der Waals surface area (Å²) in [5, 5.41) is 2.82. The summed E-state index contributed by atoms with van der Waals surface area (Å²) in [6.07, 6.45) is 3.80. The highest BCUT2D eigenvalue weighted by Crippen LogP contribution is 2.26. The molecule has 1 atom stereocenters. The van der Waals surface area contributed by atoms with Crippen LogP contribution in [0.5, 0.6) is 0 Å². The molecule has 0 spiro atoms. The van der Waals surface area contributed by atoms with Gasteiger partial charge in [-0.05, 0) is 12.8 Å². The SMILES string of the molecule is CCCc1c(N)ncnc1N1CCC(NC(=O)OC)C1. The Morgan fingerprint density at radius 3 is 3.10 bits per heavy atom. The highest BCUT2D eigenvalue weighted by molar-refractivity contribution is 5.67. The van der Waals surface area contributed by atoms with Gasteiger partial charge in [-0.15, -0.1) is 0 Å². The third kappa shape index (κ3) is 3.09. The van der Waals surface area contributed by atoms with E-state index in [1.54, 1.807) is 0 Å². The van der Waals surface area contributed by atoms with Gasteiger partial charge in [-0.2, -0.15) is 0 Å². The molecule has 1 saturated heterocycles. The summed E-state index contributed by atoms with van der Waals surface area (Å²) in [6.45, 7) is 3.64. The second-order valence-electron chi connectivity index (χ2n) is 4.88. The Labute approximate surface area is 118 Å². The van der Waals surface area contributed by atoms with E-state index in [-0.39, 0.29) is 6.04 Å². The van der Waals surface area contributed by atoms with E-state index < -0.39 is 6.09 Å². The molecule has 20 heavy (non-hydrogen) atoms. The highest BCUT2D eigenvalue weighted by Gasteiger charge is 2.27. The normalized spacial score (nSPS) is 18.1. The zero-order chi connectivity index (χ0) is 14.5. The number of carbonyl (C=O) groups excluding carboxylic acids is 1. The van der Waals surface area contributed by atoms with Gasteiger partial charge >= 0.3 is 6.09 Å². The first-order chi connectivity index (χ1) is 9.65. The Balaban J connectivity index is 2.10. The minimum absolute atomic E-state index is 0.0770. The van der Waals surface area contributed by atoms with Gasteiger partial charge in [-0.25, -0.2) is 14.8 Å². The summed E-state index contributed by atoms with van der Waals surface area (Å²) in [4.78, 5) is 21.8. The van der Waals surface area contributed by atoms with Crippen molar-refractivity contribution in [1.82, 2.24) is 15.3 Å². The molecule has 1 aromatic heterocycles. The number of hydrogen-bond donors (Lipinski definition) is 2. The van der Waals surface area contributed by atoms with Gasteiger partial charge in [0.15, 0.2) is 0 Å². The second kappa shape index (κ2) is 6.40. The maximum absolute atomic E-state index is 11.2. The number of rotatable bonds is 4. The Morgan fingerprint density at radius 1 is 1.60 bits per heavy atom. The van der Waals surface area contributed by atoms with Gasteiger partial charge in [0.25, 0.3) is 0 Å². The van der Waals surface area contributed by atoms with Crippen molar-refractivity contribution in [3.05, 3.63) is 11.9 Å². The van der Waals surface area contributed by atoms with Gasteiger partial charge in [-0.1, -0.05) is 13.3 Å². The Kier molecular flexibility index (Phi) is 4.60. The molecule has 1 aromatic rings. The van der Waals surface area contributed by atoms with Crippen LogP contribution in [0.1, 0.15) is 25.3 Å². The Morgan fingerprint density at radius 2 is 2.40 bits per heavy atom. The summed E-state index contributed by atoms with van der Waals surface area (Å²) in [6, 6.07) is 0.0770. The van der Waals surface area contributed by atoms with Crippen LogP contribution in [-0.4, -0.2) is 42.3 Å². The first-order valence-corrected chi connectivity index (χ1v) is 6.84. The molecule has 7 heteroatoms. The maximum atomic E-state index is 11.2. The van der Waals surface area contributed by atoms with Crippen LogP contribution < -0.4 is 16.0 Å². The molecular formula is C13H21N5O2. The predicted octanol–water partition coefficient (Wildman–Crippen LogP) is 0.946. The van der Waals surface area contributed by atoms with E-state index in [1.807, 2.05) is 0 Å². The lowest BCUT2D eigenvalue weighted by Crippen LogP contribution is -2.37. The van der Waals surface area contributed by atoms with Crippen LogP contribution >= 0.6 is 0 Å². The number of nitrogen functional groups attached to an aromatic ring is 1. The average Bonchev–Trinajstić information content (AvgIpc) is 2.89. The van der Waals surface area contributed by atoms with Crippen LogP contribution in [0.4, 0.5) is 16.4 Å². The van der Waals surface area contributed by atoms with Gasteiger partial charge in [0, 0.05) is 18.7 Å². The molecule has 1 unspecified atom stereocenters. The van der Waals surface area contributed by atoms with Crippen molar-refractivity contribution in [1.29, 1.82) is 0 Å². The third-order valence-electron chi connectivity index (χ3n) is 3.45. The topological polar surface area (TPSA) is 93.4 Å².